The third kappa shape index (κ3) is 4.45. The van der Waals surface area contributed by atoms with Crippen molar-refractivity contribution >= 4 is 17.3 Å². The topological polar surface area (TPSA) is 34.1 Å². The van der Waals surface area contributed by atoms with Crippen LogP contribution in [0, 0.1) is 0 Å². The Balaban J connectivity index is 1.87. The van der Waals surface area contributed by atoms with Gasteiger partial charge >= 0.3 is 0 Å². The van der Waals surface area contributed by atoms with E-state index in [1.807, 2.05) is 18.2 Å². The number of ether oxygens (including phenoxy) is 1. The van der Waals surface area contributed by atoms with Crippen molar-refractivity contribution < 1.29 is 4.74 Å². The lowest BCUT2D eigenvalue weighted by atomic mass is 10.2. The van der Waals surface area contributed by atoms with Gasteiger partial charge in [-0.15, -0.1) is 0 Å². The zero-order valence-corrected chi connectivity index (χ0v) is 11.7. The molecule has 19 heavy (non-hydrogen) atoms. The van der Waals surface area contributed by atoms with Gasteiger partial charge in [-0.1, -0.05) is 30.7 Å². The largest absolute Gasteiger partial charge is 0.494 e. The van der Waals surface area contributed by atoms with Crippen molar-refractivity contribution in [2.75, 3.05) is 11.9 Å². The molecule has 100 valence electrons. The maximum absolute atomic E-state index is 5.74. The number of nitrogens with zero attached hydrogens (tertiary/aromatic N) is 1. The van der Waals surface area contributed by atoms with Gasteiger partial charge in [-0.25, -0.2) is 4.98 Å². The van der Waals surface area contributed by atoms with Crippen LogP contribution in [0.3, 0.4) is 0 Å². The first-order valence-electron chi connectivity index (χ1n) is 6.35. The van der Waals surface area contributed by atoms with E-state index in [2.05, 4.69) is 29.4 Å². The standard InChI is InChI=1S/C15H17ClN2O/c1-2-9-19-14-6-3-12(4-7-14)10-17-13-5-8-15(16)18-11-13/h3-8,11,17H,2,9-10H2,1H3. The minimum absolute atomic E-state index is 0.503. The number of anilines is 1. The highest BCUT2D eigenvalue weighted by Crippen LogP contribution is 2.15. The molecule has 0 saturated carbocycles. The highest BCUT2D eigenvalue weighted by atomic mass is 35.5. The summed E-state index contributed by atoms with van der Waals surface area (Å²) in [5, 5.41) is 3.79. The molecule has 3 nitrogen and oxygen atoms in total. The highest BCUT2D eigenvalue weighted by Gasteiger charge is 1.97. The summed E-state index contributed by atoms with van der Waals surface area (Å²) in [5.41, 5.74) is 2.15. The Bertz CT molecular complexity index is 497. The summed E-state index contributed by atoms with van der Waals surface area (Å²) >= 11 is 5.74. The number of rotatable bonds is 6. The van der Waals surface area contributed by atoms with Crippen molar-refractivity contribution in [3.05, 3.63) is 53.3 Å². The first-order chi connectivity index (χ1) is 9.28. The predicted octanol–water partition coefficient (Wildman–Crippen LogP) is 4.14. The van der Waals surface area contributed by atoms with Crippen molar-refractivity contribution in [3.63, 3.8) is 0 Å². The Morgan fingerprint density at radius 3 is 2.58 bits per heavy atom. The average molecular weight is 277 g/mol. The molecule has 0 aliphatic rings. The molecule has 0 saturated heterocycles. The van der Waals surface area contributed by atoms with Crippen LogP contribution in [0.4, 0.5) is 5.69 Å². The van der Waals surface area contributed by atoms with E-state index in [1.54, 1.807) is 12.3 Å². The molecule has 4 heteroatoms. The normalized spacial score (nSPS) is 10.2. The molecule has 0 spiro atoms. The lowest BCUT2D eigenvalue weighted by Crippen LogP contribution is -2.00. The summed E-state index contributed by atoms with van der Waals surface area (Å²) in [7, 11) is 0. The monoisotopic (exact) mass is 276 g/mol. The Hall–Kier alpha value is -1.74. The third-order valence-corrected chi connectivity index (χ3v) is 2.84. The lowest BCUT2D eigenvalue weighted by Gasteiger charge is -2.08. The van der Waals surface area contributed by atoms with E-state index in [9.17, 15) is 0 Å². The molecule has 0 atom stereocenters. The van der Waals surface area contributed by atoms with Crippen molar-refractivity contribution in [3.8, 4) is 5.75 Å². The van der Waals surface area contributed by atoms with E-state index in [0.29, 0.717) is 5.15 Å². The lowest BCUT2D eigenvalue weighted by molar-refractivity contribution is 0.317. The summed E-state index contributed by atoms with van der Waals surface area (Å²) in [4.78, 5) is 4.02. The predicted molar refractivity (Wildman–Crippen MR) is 78.8 cm³/mol. The van der Waals surface area contributed by atoms with Crippen LogP contribution in [0.2, 0.25) is 5.15 Å². The van der Waals surface area contributed by atoms with Crippen molar-refractivity contribution in [1.82, 2.24) is 4.98 Å². The van der Waals surface area contributed by atoms with Crippen molar-refractivity contribution in [1.29, 1.82) is 0 Å². The Morgan fingerprint density at radius 1 is 1.16 bits per heavy atom. The second-order valence-corrected chi connectivity index (χ2v) is 4.60. The van der Waals surface area contributed by atoms with Gasteiger partial charge < -0.3 is 10.1 Å². The minimum atomic E-state index is 0.503. The molecule has 0 fully saturated rings. The molecule has 2 rings (SSSR count). The van der Waals surface area contributed by atoms with Crippen molar-refractivity contribution in [2.45, 2.75) is 19.9 Å². The Kier molecular flexibility index (Phi) is 5.04. The maximum atomic E-state index is 5.74. The molecular formula is C15H17ClN2O. The van der Waals surface area contributed by atoms with Gasteiger partial charge in [0.2, 0.25) is 0 Å². The van der Waals surface area contributed by atoms with E-state index in [1.165, 1.54) is 5.56 Å². The summed E-state index contributed by atoms with van der Waals surface area (Å²) in [6, 6.07) is 11.8. The number of benzene rings is 1. The molecular weight excluding hydrogens is 260 g/mol. The Morgan fingerprint density at radius 2 is 1.95 bits per heavy atom. The van der Waals surface area contributed by atoms with Crippen LogP contribution >= 0.6 is 11.6 Å². The molecule has 0 unspecified atom stereocenters. The van der Waals surface area contributed by atoms with Gasteiger partial charge in [-0.2, -0.15) is 0 Å². The van der Waals surface area contributed by atoms with Gasteiger partial charge in [-0.3, -0.25) is 0 Å². The molecule has 1 heterocycles. The number of halogens is 1. The smallest absolute Gasteiger partial charge is 0.129 e. The first kappa shape index (κ1) is 13.7. The molecule has 1 aromatic heterocycles. The fourth-order valence-corrected chi connectivity index (χ4v) is 1.72. The number of aromatic nitrogens is 1. The molecule has 2 aromatic rings. The number of nitrogens with one attached hydrogen (secondary N) is 1. The summed E-state index contributed by atoms with van der Waals surface area (Å²) < 4.78 is 5.54. The number of hydrogen-bond donors (Lipinski definition) is 1. The minimum Gasteiger partial charge on any atom is -0.494 e. The van der Waals surface area contributed by atoms with Gasteiger partial charge in [0.1, 0.15) is 10.9 Å². The van der Waals surface area contributed by atoms with Gasteiger partial charge in [0.25, 0.3) is 0 Å². The summed E-state index contributed by atoms with van der Waals surface area (Å²) in [5.74, 6) is 0.916. The number of hydrogen-bond acceptors (Lipinski definition) is 3. The van der Waals surface area contributed by atoms with Gasteiger partial charge in [-0.05, 0) is 36.2 Å². The zero-order valence-electron chi connectivity index (χ0n) is 10.9. The first-order valence-corrected chi connectivity index (χ1v) is 6.73. The molecule has 0 radical (unpaired) electrons. The van der Waals surface area contributed by atoms with Gasteiger partial charge in [0.05, 0.1) is 18.5 Å². The van der Waals surface area contributed by atoms with Crippen LogP contribution in [0.1, 0.15) is 18.9 Å². The van der Waals surface area contributed by atoms with E-state index in [4.69, 9.17) is 16.3 Å². The molecule has 0 bridgehead atoms. The zero-order chi connectivity index (χ0) is 13.5. The van der Waals surface area contributed by atoms with Crippen LogP contribution in [-0.4, -0.2) is 11.6 Å². The van der Waals surface area contributed by atoms with Gasteiger partial charge in [0, 0.05) is 6.54 Å². The Labute approximate surface area is 118 Å². The quantitative estimate of drug-likeness (QED) is 0.806. The van der Waals surface area contributed by atoms with Crippen molar-refractivity contribution in [2.24, 2.45) is 0 Å². The second kappa shape index (κ2) is 7.00. The highest BCUT2D eigenvalue weighted by molar-refractivity contribution is 6.29. The summed E-state index contributed by atoms with van der Waals surface area (Å²) in [6.45, 7) is 3.60. The van der Waals surface area contributed by atoms with Gasteiger partial charge in [0.15, 0.2) is 0 Å². The van der Waals surface area contributed by atoms with Crippen LogP contribution < -0.4 is 10.1 Å². The second-order valence-electron chi connectivity index (χ2n) is 4.22. The van der Waals surface area contributed by atoms with Crippen LogP contribution in [0.5, 0.6) is 5.75 Å². The fourth-order valence-electron chi connectivity index (χ4n) is 1.61. The van der Waals surface area contributed by atoms with Crippen LogP contribution in [0.25, 0.3) is 0 Å². The molecule has 1 aromatic carbocycles. The molecule has 0 aliphatic carbocycles. The maximum Gasteiger partial charge on any atom is 0.129 e. The van der Waals surface area contributed by atoms with Crippen LogP contribution in [-0.2, 0) is 6.54 Å². The van der Waals surface area contributed by atoms with E-state index >= 15 is 0 Å². The summed E-state index contributed by atoms with van der Waals surface area (Å²) in [6.07, 6.45) is 2.74. The van der Waals surface area contributed by atoms with E-state index in [0.717, 1.165) is 31.0 Å². The fraction of sp³-hybridized carbons (Fsp3) is 0.267. The molecule has 0 aliphatic heterocycles. The molecule has 1 N–H and O–H groups in total. The van der Waals surface area contributed by atoms with E-state index < -0.39 is 0 Å². The van der Waals surface area contributed by atoms with E-state index in [-0.39, 0.29) is 0 Å². The third-order valence-electron chi connectivity index (χ3n) is 2.62. The molecule has 0 amide bonds. The number of pyridine rings is 1. The van der Waals surface area contributed by atoms with Crippen LogP contribution in [0.15, 0.2) is 42.6 Å². The SMILES string of the molecule is CCCOc1ccc(CNc2ccc(Cl)nc2)cc1. The average Bonchev–Trinajstić information content (AvgIpc) is 2.46.